The van der Waals surface area contributed by atoms with Gasteiger partial charge in [-0.15, -0.1) is 0 Å². The Morgan fingerprint density at radius 2 is 1.37 bits per heavy atom. The number of Topliss-reactive ketones (excluding diaryl/α,β-unsaturated/α-hetero) is 1. The Bertz CT molecular complexity index is 1610. The van der Waals surface area contributed by atoms with E-state index in [1.807, 2.05) is 65.8 Å². The van der Waals surface area contributed by atoms with Crippen LogP contribution in [0.2, 0.25) is 0 Å². The van der Waals surface area contributed by atoms with E-state index in [1.54, 1.807) is 41.3 Å². The fourth-order valence-electron chi connectivity index (χ4n) is 6.42. The maximum atomic E-state index is 14.1. The molecule has 244 valence electrons. The molecule has 3 N–H and O–H groups in total. The first-order chi connectivity index (χ1) is 21.7. The number of carbonyl (C=O) groups is 4. The third-order valence-electron chi connectivity index (χ3n) is 8.86. The van der Waals surface area contributed by atoms with E-state index in [0.29, 0.717) is 35.8 Å². The lowest BCUT2D eigenvalue weighted by molar-refractivity contribution is -0.150. The van der Waals surface area contributed by atoms with Crippen molar-refractivity contribution in [2.75, 3.05) is 30.3 Å². The predicted octanol–water partition coefficient (Wildman–Crippen LogP) is 5.48. The number of carbonyl (C=O) groups excluding carboxylic acids is 4. The molecule has 1 saturated carbocycles. The summed E-state index contributed by atoms with van der Waals surface area (Å²) in [6, 6.07) is 17.9. The van der Waals surface area contributed by atoms with E-state index in [2.05, 4.69) is 10.6 Å². The van der Waals surface area contributed by atoms with Crippen LogP contribution in [-0.4, -0.2) is 58.8 Å². The highest BCUT2D eigenvalue weighted by Crippen LogP contribution is 2.47. The summed E-state index contributed by atoms with van der Waals surface area (Å²) >= 11 is 0. The molecule has 1 fully saturated rings. The van der Waals surface area contributed by atoms with Gasteiger partial charge in [-0.25, -0.2) is 0 Å². The predicted molar refractivity (Wildman–Crippen MR) is 179 cm³/mol. The van der Waals surface area contributed by atoms with E-state index in [0.717, 1.165) is 22.3 Å². The summed E-state index contributed by atoms with van der Waals surface area (Å²) in [6.07, 6.45) is -0.367. The van der Waals surface area contributed by atoms with Crippen molar-refractivity contribution in [3.05, 3.63) is 88.5 Å². The lowest BCUT2D eigenvalue weighted by atomic mass is 9.61. The lowest BCUT2D eigenvalue weighted by Crippen LogP contribution is -2.56. The summed E-state index contributed by atoms with van der Waals surface area (Å²) in [5.74, 6) is -4.64. The Morgan fingerprint density at radius 3 is 1.87 bits per heavy atom. The molecule has 3 aromatic rings. The van der Waals surface area contributed by atoms with Gasteiger partial charge in [0.25, 0.3) is 5.91 Å². The molecule has 9 nitrogen and oxygen atoms in total. The van der Waals surface area contributed by atoms with E-state index in [1.165, 1.54) is 6.92 Å². The number of benzene rings is 3. The van der Waals surface area contributed by atoms with Crippen molar-refractivity contribution >= 4 is 34.9 Å². The molecule has 4 atom stereocenters. The minimum atomic E-state index is -1.74. The number of ether oxygens (including phenoxy) is 1. The summed E-state index contributed by atoms with van der Waals surface area (Å²) in [7, 11) is 0. The minimum Gasteiger partial charge on any atom is -0.484 e. The van der Waals surface area contributed by atoms with Crippen LogP contribution in [-0.2, 0) is 19.2 Å². The van der Waals surface area contributed by atoms with Crippen LogP contribution in [0.5, 0.6) is 5.75 Å². The van der Waals surface area contributed by atoms with Gasteiger partial charge in [0.05, 0.1) is 11.5 Å². The quantitative estimate of drug-likeness (QED) is 0.256. The fourth-order valence-corrected chi connectivity index (χ4v) is 6.42. The number of hydrogen-bond acceptors (Lipinski definition) is 6. The first-order valence-electron chi connectivity index (χ1n) is 15.8. The van der Waals surface area contributed by atoms with Gasteiger partial charge in [-0.05, 0) is 89.4 Å². The standard InChI is InChI=1S/C37H45N3O6/c1-8-40(9-2)31(42)21-46-27-14-12-26(13-15-27)32-33(35(43)38-28-16-10-22(3)18-24(28)5)30(41)20-37(7,45)34(32)36(44)39-29-17-11-23(4)19-25(29)6/h10-19,32-34,45H,8-9,20-21H2,1-7H3,(H,38,43)(H,39,44). The third kappa shape index (κ3) is 7.65. The summed E-state index contributed by atoms with van der Waals surface area (Å²) < 4.78 is 5.74. The zero-order valence-electron chi connectivity index (χ0n) is 27.8. The van der Waals surface area contributed by atoms with E-state index >= 15 is 0 Å². The normalized spacial score (nSPS) is 21.0. The fraction of sp³-hybridized carbons (Fsp3) is 0.405. The summed E-state index contributed by atoms with van der Waals surface area (Å²) in [4.78, 5) is 56.0. The van der Waals surface area contributed by atoms with Crippen molar-refractivity contribution in [1.29, 1.82) is 0 Å². The SMILES string of the molecule is CCN(CC)C(=O)COc1ccc(C2C(C(=O)Nc3ccc(C)cc3C)C(=O)CC(C)(O)C2C(=O)Nc2ccc(C)cc2C)cc1. The van der Waals surface area contributed by atoms with Gasteiger partial charge >= 0.3 is 0 Å². The van der Waals surface area contributed by atoms with Crippen LogP contribution in [0.25, 0.3) is 0 Å². The van der Waals surface area contributed by atoms with Gasteiger partial charge in [-0.1, -0.05) is 47.5 Å². The number of rotatable bonds is 10. The maximum absolute atomic E-state index is 14.1. The molecule has 1 aliphatic rings. The smallest absolute Gasteiger partial charge is 0.260 e. The van der Waals surface area contributed by atoms with Crippen molar-refractivity contribution in [2.24, 2.45) is 11.8 Å². The van der Waals surface area contributed by atoms with Gasteiger partial charge in [0, 0.05) is 36.8 Å². The molecule has 0 heterocycles. The van der Waals surface area contributed by atoms with Crippen molar-refractivity contribution in [2.45, 2.75) is 66.4 Å². The molecule has 0 radical (unpaired) electrons. The highest BCUT2D eigenvalue weighted by Gasteiger charge is 2.56. The maximum Gasteiger partial charge on any atom is 0.260 e. The van der Waals surface area contributed by atoms with Crippen LogP contribution >= 0.6 is 0 Å². The summed E-state index contributed by atoms with van der Waals surface area (Å²) in [6.45, 7) is 13.9. The zero-order valence-corrected chi connectivity index (χ0v) is 27.8. The second-order valence-electron chi connectivity index (χ2n) is 12.5. The molecule has 4 unspecified atom stereocenters. The molecule has 9 heteroatoms. The van der Waals surface area contributed by atoms with Gasteiger partial charge < -0.3 is 25.4 Å². The molecule has 46 heavy (non-hydrogen) atoms. The number of nitrogens with one attached hydrogen (secondary N) is 2. The Morgan fingerprint density at radius 1 is 0.848 bits per heavy atom. The number of likely N-dealkylation sites (N-methyl/N-ethyl adjacent to an activating group) is 1. The Balaban J connectivity index is 1.73. The minimum absolute atomic E-state index is 0.139. The van der Waals surface area contributed by atoms with Gasteiger partial charge in [0.1, 0.15) is 17.5 Å². The number of aliphatic hydroxyl groups is 1. The lowest BCUT2D eigenvalue weighted by Gasteiger charge is -2.44. The van der Waals surface area contributed by atoms with Crippen LogP contribution < -0.4 is 15.4 Å². The van der Waals surface area contributed by atoms with Crippen molar-refractivity contribution in [3.8, 4) is 5.75 Å². The van der Waals surface area contributed by atoms with Crippen molar-refractivity contribution < 1.29 is 29.0 Å². The molecule has 3 aromatic carbocycles. The molecule has 0 spiro atoms. The second-order valence-corrected chi connectivity index (χ2v) is 12.5. The van der Waals surface area contributed by atoms with E-state index in [-0.39, 0.29) is 18.9 Å². The van der Waals surface area contributed by atoms with Crippen LogP contribution in [0.15, 0.2) is 60.7 Å². The summed E-state index contributed by atoms with van der Waals surface area (Å²) in [5.41, 5.74) is 3.67. The molecule has 1 aliphatic carbocycles. The molecular weight excluding hydrogens is 582 g/mol. The third-order valence-corrected chi connectivity index (χ3v) is 8.86. The average Bonchev–Trinajstić information content (AvgIpc) is 2.99. The largest absolute Gasteiger partial charge is 0.484 e. The number of hydrogen-bond donors (Lipinski definition) is 3. The molecule has 3 amide bonds. The van der Waals surface area contributed by atoms with E-state index < -0.39 is 41.0 Å². The van der Waals surface area contributed by atoms with Gasteiger partial charge in [0.2, 0.25) is 11.8 Å². The van der Waals surface area contributed by atoms with Gasteiger partial charge in [-0.2, -0.15) is 0 Å². The number of ketones is 1. The highest BCUT2D eigenvalue weighted by atomic mass is 16.5. The first kappa shape index (κ1) is 34.4. The van der Waals surface area contributed by atoms with Gasteiger partial charge in [-0.3, -0.25) is 19.2 Å². The Hall–Kier alpha value is -4.50. The Labute approximate surface area is 271 Å². The van der Waals surface area contributed by atoms with Crippen LogP contribution in [0.4, 0.5) is 11.4 Å². The topological polar surface area (TPSA) is 125 Å². The molecule has 0 saturated heterocycles. The number of nitrogens with zero attached hydrogens (tertiary/aromatic N) is 1. The Kier molecular flexibility index (Phi) is 10.7. The van der Waals surface area contributed by atoms with Crippen LogP contribution in [0.1, 0.15) is 60.9 Å². The zero-order chi connectivity index (χ0) is 33.8. The molecule has 4 rings (SSSR count). The van der Waals surface area contributed by atoms with Crippen LogP contribution in [0.3, 0.4) is 0 Å². The molecular formula is C37H45N3O6. The molecule has 0 aliphatic heterocycles. The second kappa shape index (κ2) is 14.3. The number of amides is 3. The summed E-state index contributed by atoms with van der Waals surface area (Å²) in [5, 5.41) is 17.6. The highest BCUT2D eigenvalue weighted by molar-refractivity contribution is 6.10. The van der Waals surface area contributed by atoms with Crippen molar-refractivity contribution in [1.82, 2.24) is 4.90 Å². The molecule has 0 bridgehead atoms. The average molecular weight is 628 g/mol. The number of aryl methyl sites for hydroxylation is 4. The van der Waals surface area contributed by atoms with E-state index in [9.17, 15) is 24.3 Å². The molecule has 0 aromatic heterocycles. The van der Waals surface area contributed by atoms with Crippen LogP contribution in [0, 0.1) is 39.5 Å². The number of anilines is 2. The van der Waals surface area contributed by atoms with E-state index in [4.69, 9.17) is 4.74 Å². The first-order valence-corrected chi connectivity index (χ1v) is 15.8. The monoisotopic (exact) mass is 627 g/mol. The van der Waals surface area contributed by atoms with Crippen molar-refractivity contribution in [3.63, 3.8) is 0 Å². The van der Waals surface area contributed by atoms with Gasteiger partial charge in [0.15, 0.2) is 6.61 Å².